The minimum Gasteiger partial charge on any atom is -0.303 e. The number of likely N-dealkylation sites (tertiary alicyclic amines) is 2. The number of rotatable bonds is 9. The molecule has 0 bridgehead atoms. The van der Waals surface area contributed by atoms with Crippen molar-refractivity contribution in [3.05, 3.63) is 70.1 Å². The van der Waals surface area contributed by atoms with Crippen molar-refractivity contribution in [1.29, 1.82) is 0 Å². The lowest BCUT2D eigenvalue weighted by molar-refractivity contribution is -0.115. The molecular formula is C28H36ClFN2O. The second-order valence-corrected chi connectivity index (χ2v) is 10.1. The lowest BCUT2D eigenvalue weighted by Gasteiger charge is -2.32. The maximum Gasteiger partial charge on any atom is 0.163 e. The van der Waals surface area contributed by atoms with Crippen LogP contribution in [0.25, 0.3) is 0 Å². The third-order valence-corrected chi connectivity index (χ3v) is 7.59. The van der Waals surface area contributed by atoms with Crippen LogP contribution >= 0.6 is 11.6 Å². The average molecular weight is 471 g/mol. The van der Waals surface area contributed by atoms with E-state index in [-0.39, 0.29) is 11.6 Å². The highest BCUT2D eigenvalue weighted by molar-refractivity contribution is 6.30. The van der Waals surface area contributed by atoms with E-state index < -0.39 is 0 Å². The molecule has 0 unspecified atom stereocenters. The lowest BCUT2D eigenvalue weighted by Crippen LogP contribution is -2.33. The van der Waals surface area contributed by atoms with Crippen LogP contribution < -0.4 is 0 Å². The number of ketones is 1. The molecule has 1 aliphatic carbocycles. The van der Waals surface area contributed by atoms with E-state index in [0.717, 1.165) is 75.5 Å². The Balaban J connectivity index is 1.20. The standard InChI is InChI=1S/C28H36ClFN2O/c29-26-10-8-22(9-11-26)23-12-18-32(19-13-23)17-4-7-28(33)25-6-3-5-24(27(30)21-25)14-20-31-15-1-2-16-31/h3,6,8-11,21,23H,1-2,4-5,7,12-20H2. The van der Waals surface area contributed by atoms with Crippen molar-refractivity contribution in [2.45, 2.75) is 57.3 Å². The molecule has 33 heavy (non-hydrogen) atoms. The highest BCUT2D eigenvalue weighted by Gasteiger charge is 2.21. The molecule has 3 nitrogen and oxygen atoms in total. The highest BCUT2D eigenvalue weighted by Crippen LogP contribution is 2.29. The summed E-state index contributed by atoms with van der Waals surface area (Å²) >= 11 is 6.01. The fourth-order valence-corrected chi connectivity index (χ4v) is 5.36. The van der Waals surface area contributed by atoms with Crippen LogP contribution in [0.1, 0.15) is 62.8 Å². The minimum absolute atomic E-state index is 0.0539. The number of hydrogen-bond donors (Lipinski definition) is 0. The molecule has 0 amide bonds. The first kappa shape index (κ1) is 24.4. The molecule has 0 saturated carbocycles. The smallest absolute Gasteiger partial charge is 0.163 e. The molecular weight excluding hydrogens is 435 g/mol. The molecule has 0 radical (unpaired) electrons. The van der Waals surface area contributed by atoms with Crippen molar-refractivity contribution < 1.29 is 9.18 Å². The maximum absolute atomic E-state index is 14.8. The zero-order chi connectivity index (χ0) is 23.0. The largest absolute Gasteiger partial charge is 0.303 e. The van der Waals surface area contributed by atoms with E-state index in [2.05, 4.69) is 21.9 Å². The molecule has 2 aliphatic heterocycles. The molecule has 1 aromatic carbocycles. The van der Waals surface area contributed by atoms with Gasteiger partial charge in [-0.1, -0.05) is 35.9 Å². The van der Waals surface area contributed by atoms with Crippen LogP contribution in [0.5, 0.6) is 0 Å². The van der Waals surface area contributed by atoms with Crippen molar-refractivity contribution in [1.82, 2.24) is 9.80 Å². The number of piperidine rings is 1. The third-order valence-electron chi connectivity index (χ3n) is 7.34. The molecule has 3 aliphatic rings. The Kier molecular flexibility index (Phi) is 8.94. The summed E-state index contributed by atoms with van der Waals surface area (Å²) in [7, 11) is 0. The fraction of sp³-hybridized carbons (Fsp3) is 0.536. The van der Waals surface area contributed by atoms with Crippen molar-refractivity contribution in [3.8, 4) is 0 Å². The maximum atomic E-state index is 14.8. The van der Waals surface area contributed by atoms with Crippen LogP contribution in [0.2, 0.25) is 5.02 Å². The number of carbonyl (C=O) groups is 1. The van der Waals surface area contributed by atoms with Gasteiger partial charge in [0.1, 0.15) is 5.83 Å². The van der Waals surface area contributed by atoms with E-state index in [1.54, 1.807) is 0 Å². The van der Waals surface area contributed by atoms with Crippen LogP contribution in [0, 0.1) is 0 Å². The molecule has 178 valence electrons. The van der Waals surface area contributed by atoms with Crippen molar-refractivity contribution in [2.75, 3.05) is 39.3 Å². The first-order valence-electron chi connectivity index (χ1n) is 12.6. The monoisotopic (exact) mass is 470 g/mol. The van der Waals surface area contributed by atoms with Gasteiger partial charge in [-0.3, -0.25) is 4.79 Å². The Bertz CT molecular complexity index is 891. The molecule has 2 saturated heterocycles. The second-order valence-electron chi connectivity index (χ2n) is 9.65. The molecule has 0 atom stereocenters. The summed E-state index contributed by atoms with van der Waals surface area (Å²) in [6, 6.07) is 8.22. The van der Waals surface area contributed by atoms with Gasteiger partial charge in [0.2, 0.25) is 0 Å². The van der Waals surface area contributed by atoms with E-state index in [1.807, 2.05) is 24.3 Å². The van der Waals surface area contributed by atoms with E-state index in [9.17, 15) is 9.18 Å². The summed E-state index contributed by atoms with van der Waals surface area (Å²) in [5.74, 6) is 0.445. The van der Waals surface area contributed by atoms with Gasteiger partial charge in [-0.2, -0.15) is 0 Å². The van der Waals surface area contributed by atoms with Gasteiger partial charge in [0.05, 0.1) is 0 Å². The number of benzene rings is 1. The number of halogens is 2. The Morgan fingerprint density at radius 3 is 2.42 bits per heavy atom. The normalized spacial score (nSPS) is 20.8. The van der Waals surface area contributed by atoms with E-state index >= 15 is 0 Å². The number of nitrogens with zero attached hydrogens (tertiary/aromatic N) is 2. The first-order chi connectivity index (χ1) is 16.1. The quantitative estimate of drug-likeness (QED) is 0.413. The van der Waals surface area contributed by atoms with Gasteiger partial charge < -0.3 is 9.80 Å². The molecule has 2 heterocycles. The number of allylic oxidation sites excluding steroid dienone is 5. The van der Waals surface area contributed by atoms with Crippen LogP contribution in [0.4, 0.5) is 4.39 Å². The van der Waals surface area contributed by atoms with Gasteiger partial charge in [0.25, 0.3) is 0 Å². The summed E-state index contributed by atoms with van der Waals surface area (Å²) in [6.45, 7) is 6.22. The Labute approximate surface area is 203 Å². The van der Waals surface area contributed by atoms with Gasteiger partial charge in [-0.15, -0.1) is 0 Å². The van der Waals surface area contributed by atoms with Gasteiger partial charge in [-0.25, -0.2) is 4.39 Å². The van der Waals surface area contributed by atoms with Crippen LogP contribution in [0.3, 0.4) is 0 Å². The third kappa shape index (κ3) is 7.11. The molecule has 0 N–H and O–H groups in total. The predicted octanol–water partition coefficient (Wildman–Crippen LogP) is 6.46. The highest BCUT2D eigenvalue weighted by atomic mass is 35.5. The summed E-state index contributed by atoms with van der Waals surface area (Å²) in [4.78, 5) is 17.6. The Hall–Kier alpha value is -1.75. The van der Waals surface area contributed by atoms with Gasteiger partial charge >= 0.3 is 0 Å². The Morgan fingerprint density at radius 2 is 1.70 bits per heavy atom. The van der Waals surface area contributed by atoms with E-state index in [4.69, 9.17) is 11.6 Å². The molecule has 0 aromatic heterocycles. The zero-order valence-electron chi connectivity index (χ0n) is 19.6. The van der Waals surface area contributed by atoms with Crippen molar-refractivity contribution in [2.24, 2.45) is 0 Å². The summed E-state index contributed by atoms with van der Waals surface area (Å²) in [5.41, 5.74) is 2.71. The van der Waals surface area contributed by atoms with Gasteiger partial charge in [0.15, 0.2) is 5.78 Å². The average Bonchev–Trinajstić information content (AvgIpc) is 3.28. The summed E-state index contributed by atoms with van der Waals surface area (Å²) in [6.07, 6.45) is 12.7. The number of Topliss-reactive ketones (excluding diaryl/α,β-unsaturated/α-hetero) is 1. The van der Waals surface area contributed by atoms with Crippen LogP contribution in [-0.2, 0) is 4.79 Å². The van der Waals surface area contributed by atoms with Crippen LogP contribution in [0.15, 0.2) is 59.5 Å². The molecule has 4 rings (SSSR count). The predicted molar refractivity (Wildman–Crippen MR) is 134 cm³/mol. The van der Waals surface area contributed by atoms with Gasteiger partial charge in [0, 0.05) is 23.6 Å². The number of hydrogen-bond acceptors (Lipinski definition) is 3. The Morgan fingerprint density at radius 1 is 1.00 bits per heavy atom. The molecule has 5 heteroatoms. The SMILES string of the molecule is O=C(CCCN1CCC(c2ccc(Cl)cc2)CC1)C1=CC(F)=C(CCN2CCCC2)CC=C1. The van der Waals surface area contributed by atoms with Crippen LogP contribution in [-0.4, -0.2) is 54.9 Å². The molecule has 0 spiro atoms. The summed E-state index contributed by atoms with van der Waals surface area (Å²) < 4.78 is 14.8. The van der Waals surface area contributed by atoms with Crippen molar-refractivity contribution >= 4 is 17.4 Å². The molecule has 1 aromatic rings. The lowest BCUT2D eigenvalue weighted by atomic mass is 9.89. The number of carbonyl (C=O) groups excluding carboxylic acids is 1. The zero-order valence-corrected chi connectivity index (χ0v) is 20.3. The fourth-order valence-electron chi connectivity index (χ4n) is 5.24. The minimum atomic E-state index is -0.202. The van der Waals surface area contributed by atoms with Crippen molar-refractivity contribution in [3.63, 3.8) is 0 Å². The molecule has 2 fully saturated rings. The topological polar surface area (TPSA) is 23.6 Å². The van der Waals surface area contributed by atoms with E-state index in [0.29, 0.717) is 24.3 Å². The summed E-state index contributed by atoms with van der Waals surface area (Å²) in [5, 5.41) is 0.785. The first-order valence-corrected chi connectivity index (χ1v) is 13.0. The second kappa shape index (κ2) is 12.1. The van der Waals surface area contributed by atoms with E-state index in [1.165, 1.54) is 24.5 Å². The van der Waals surface area contributed by atoms with Gasteiger partial charge in [-0.05, 0) is 113 Å².